The Kier molecular flexibility index (Phi) is 5.36. The molecule has 0 unspecified atom stereocenters. The molecule has 1 rings (SSSR count). The minimum absolute atomic E-state index is 0.156. The average molecular weight is 261 g/mol. The van der Waals surface area contributed by atoms with Gasteiger partial charge in [0, 0.05) is 24.0 Å². The van der Waals surface area contributed by atoms with E-state index in [1.165, 1.54) is 0 Å². The summed E-state index contributed by atoms with van der Waals surface area (Å²) >= 11 is 11.8. The van der Waals surface area contributed by atoms with Gasteiger partial charge in [-0.2, -0.15) is 0 Å². The molecule has 0 bridgehead atoms. The molecule has 90 valence electrons. The lowest BCUT2D eigenvalue weighted by molar-refractivity contribution is 0.326. The summed E-state index contributed by atoms with van der Waals surface area (Å²) in [7, 11) is 0. The molecule has 0 saturated carbocycles. The number of alkyl halides is 1. The van der Waals surface area contributed by atoms with Crippen molar-refractivity contribution in [1.29, 1.82) is 0 Å². The summed E-state index contributed by atoms with van der Waals surface area (Å²) in [5, 5.41) is 3.96. The van der Waals surface area contributed by atoms with E-state index in [9.17, 15) is 0 Å². The monoisotopic (exact) mass is 260 g/mol. The zero-order valence-corrected chi connectivity index (χ0v) is 11.3. The SMILES string of the molecule is CCC(CC)(CCl)CNc1ccc(Cl)cn1. The maximum Gasteiger partial charge on any atom is 0.126 e. The van der Waals surface area contributed by atoms with Crippen LogP contribution in [0, 0.1) is 5.41 Å². The van der Waals surface area contributed by atoms with Crippen molar-refractivity contribution < 1.29 is 0 Å². The lowest BCUT2D eigenvalue weighted by Crippen LogP contribution is -2.30. The highest BCUT2D eigenvalue weighted by atomic mass is 35.5. The van der Waals surface area contributed by atoms with Gasteiger partial charge < -0.3 is 5.32 Å². The molecule has 0 aliphatic rings. The van der Waals surface area contributed by atoms with Crippen LogP contribution in [0.15, 0.2) is 18.3 Å². The average Bonchev–Trinajstić information content (AvgIpc) is 2.34. The Labute approximate surface area is 107 Å². The number of nitrogens with zero attached hydrogens (tertiary/aromatic N) is 1. The standard InChI is InChI=1S/C12H18Cl2N2/c1-3-12(4-2,8-13)9-16-11-6-5-10(14)7-15-11/h5-7H,3-4,8-9H2,1-2H3,(H,15,16). The second-order valence-corrected chi connectivity index (χ2v) is 4.76. The Morgan fingerprint density at radius 2 is 2.00 bits per heavy atom. The summed E-state index contributed by atoms with van der Waals surface area (Å²) in [5.74, 6) is 1.52. The van der Waals surface area contributed by atoms with Gasteiger partial charge in [0.15, 0.2) is 0 Å². The Bertz CT molecular complexity index is 299. The molecule has 1 aromatic heterocycles. The summed E-state index contributed by atoms with van der Waals surface area (Å²) in [6, 6.07) is 3.71. The molecule has 0 amide bonds. The molecule has 1 heterocycles. The van der Waals surface area contributed by atoms with Crippen LogP contribution in [0.1, 0.15) is 26.7 Å². The molecule has 1 aromatic rings. The highest BCUT2D eigenvalue weighted by molar-refractivity contribution is 6.30. The minimum atomic E-state index is 0.156. The van der Waals surface area contributed by atoms with Crippen molar-refractivity contribution in [2.75, 3.05) is 17.7 Å². The summed E-state index contributed by atoms with van der Waals surface area (Å²) in [4.78, 5) is 4.20. The number of halogens is 2. The molecule has 16 heavy (non-hydrogen) atoms. The van der Waals surface area contributed by atoms with Crippen LogP contribution >= 0.6 is 23.2 Å². The lowest BCUT2D eigenvalue weighted by Gasteiger charge is -2.29. The van der Waals surface area contributed by atoms with Gasteiger partial charge in [0.1, 0.15) is 5.82 Å². The molecule has 0 aromatic carbocycles. The summed E-state index contributed by atoms with van der Waals surface area (Å²) in [6.45, 7) is 5.18. The van der Waals surface area contributed by atoms with E-state index in [4.69, 9.17) is 23.2 Å². The van der Waals surface area contributed by atoms with E-state index < -0.39 is 0 Å². The van der Waals surface area contributed by atoms with Gasteiger partial charge in [0.25, 0.3) is 0 Å². The first-order valence-corrected chi connectivity index (χ1v) is 6.48. The Morgan fingerprint density at radius 1 is 1.31 bits per heavy atom. The van der Waals surface area contributed by atoms with Crippen LogP contribution in [-0.4, -0.2) is 17.4 Å². The third kappa shape index (κ3) is 3.53. The first kappa shape index (κ1) is 13.6. The van der Waals surface area contributed by atoms with Crippen LogP contribution < -0.4 is 5.32 Å². The van der Waals surface area contributed by atoms with Gasteiger partial charge in [-0.25, -0.2) is 4.98 Å². The molecular formula is C12H18Cl2N2. The number of aromatic nitrogens is 1. The third-order valence-electron chi connectivity index (χ3n) is 3.16. The van der Waals surface area contributed by atoms with Crippen molar-refractivity contribution in [3.63, 3.8) is 0 Å². The fourth-order valence-corrected chi connectivity index (χ4v) is 2.08. The Morgan fingerprint density at radius 3 is 2.44 bits per heavy atom. The molecular weight excluding hydrogens is 243 g/mol. The van der Waals surface area contributed by atoms with E-state index in [1.807, 2.05) is 12.1 Å². The molecule has 1 N–H and O–H groups in total. The van der Waals surface area contributed by atoms with Gasteiger partial charge >= 0.3 is 0 Å². The highest BCUT2D eigenvalue weighted by Gasteiger charge is 2.24. The second kappa shape index (κ2) is 6.31. The van der Waals surface area contributed by atoms with E-state index >= 15 is 0 Å². The number of nitrogens with one attached hydrogen (secondary N) is 1. The molecule has 0 aliphatic heterocycles. The number of hydrogen-bond donors (Lipinski definition) is 1. The smallest absolute Gasteiger partial charge is 0.126 e. The highest BCUT2D eigenvalue weighted by Crippen LogP contribution is 2.28. The van der Waals surface area contributed by atoms with Gasteiger partial charge in [-0.3, -0.25) is 0 Å². The molecule has 0 fully saturated rings. The second-order valence-electron chi connectivity index (χ2n) is 4.06. The van der Waals surface area contributed by atoms with Crippen molar-refractivity contribution in [2.24, 2.45) is 5.41 Å². The fraction of sp³-hybridized carbons (Fsp3) is 0.583. The minimum Gasteiger partial charge on any atom is -0.369 e. The first-order chi connectivity index (χ1) is 7.65. The van der Waals surface area contributed by atoms with Crippen LogP contribution in [0.5, 0.6) is 0 Å². The van der Waals surface area contributed by atoms with E-state index in [-0.39, 0.29) is 5.41 Å². The molecule has 0 radical (unpaired) electrons. The molecule has 0 atom stereocenters. The van der Waals surface area contributed by atoms with Crippen LogP contribution in [0.2, 0.25) is 5.02 Å². The third-order valence-corrected chi connectivity index (χ3v) is 3.95. The Hall–Kier alpha value is -0.470. The molecule has 2 nitrogen and oxygen atoms in total. The maximum atomic E-state index is 6.03. The molecule has 0 saturated heterocycles. The van der Waals surface area contributed by atoms with E-state index in [0.29, 0.717) is 10.9 Å². The van der Waals surface area contributed by atoms with Crippen LogP contribution in [-0.2, 0) is 0 Å². The summed E-state index contributed by atoms with van der Waals surface area (Å²) in [6.07, 6.45) is 3.77. The van der Waals surface area contributed by atoms with Gasteiger partial charge in [0.05, 0.1) is 5.02 Å². The zero-order chi connectivity index (χ0) is 12.0. The number of anilines is 1. The quantitative estimate of drug-likeness (QED) is 0.776. The fourth-order valence-electron chi connectivity index (χ4n) is 1.49. The lowest BCUT2D eigenvalue weighted by atomic mass is 9.84. The predicted molar refractivity (Wildman–Crippen MR) is 71.5 cm³/mol. The van der Waals surface area contributed by atoms with E-state index in [0.717, 1.165) is 25.2 Å². The largest absolute Gasteiger partial charge is 0.369 e. The molecule has 0 spiro atoms. The first-order valence-electron chi connectivity index (χ1n) is 5.57. The van der Waals surface area contributed by atoms with Crippen LogP contribution in [0.25, 0.3) is 0 Å². The van der Waals surface area contributed by atoms with Gasteiger partial charge in [0.2, 0.25) is 0 Å². The van der Waals surface area contributed by atoms with Crippen molar-refractivity contribution in [3.8, 4) is 0 Å². The van der Waals surface area contributed by atoms with Gasteiger partial charge in [-0.1, -0.05) is 25.4 Å². The van der Waals surface area contributed by atoms with Crippen LogP contribution in [0.4, 0.5) is 5.82 Å². The van der Waals surface area contributed by atoms with Gasteiger partial charge in [-0.05, 0) is 25.0 Å². The van der Waals surface area contributed by atoms with E-state index in [1.54, 1.807) is 6.20 Å². The molecule has 0 aliphatic carbocycles. The Balaban J connectivity index is 2.58. The summed E-state index contributed by atoms with van der Waals surface area (Å²) in [5.41, 5.74) is 0.156. The van der Waals surface area contributed by atoms with Crippen molar-refractivity contribution in [1.82, 2.24) is 4.98 Å². The van der Waals surface area contributed by atoms with E-state index in [2.05, 4.69) is 24.1 Å². The predicted octanol–water partition coefficient (Wildman–Crippen LogP) is 4.19. The van der Waals surface area contributed by atoms with Crippen molar-refractivity contribution in [2.45, 2.75) is 26.7 Å². The zero-order valence-electron chi connectivity index (χ0n) is 9.76. The molecule has 4 heteroatoms. The van der Waals surface area contributed by atoms with Crippen molar-refractivity contribution >= 4 is 29.0 Å². The maximum absolute atomic E-state index is 6.03. The van der Waals surface area contributed by atoms with Crippen LogP contribution in [0.3, 0.4) is 0 Å². The van der Waals surface area contributed by atoms with Gasteiger partial charge in [-0.15, -0.1) is 11.6 Å². The normalized spacial score (nSPS) is 11.5. The summed E-state index contributed by atoms with van der Waals surface area (Å²) < 4.78 is 0. The topological polar surface area (TPSA) is 24.9 Å². The number of rotatable bonds is 6. The number of hydrogen-bond acceptors (Lipinski definition) is 2. The number of pyridine rings is 1. The van der Waals surface area contributed by atoms with Crippen molar-refractivity contribution in [3.05, 3.63) is 23.4 Å².